The van der Waals surface area contributed by atoms with Crippen LogP contribution in [0.25, 0.3) is 0 Å². The first-order valence-corrected chi connectivity index (χ1v) is 5.19. The predicted octanol–water partition coefficient (Wildman–Crippen LogP) is 2.24. The molecule has 0 aliphatic heterocycles. The zero-order chi connectivity index (χ0) is 10.0. The summed E-state index contributed by atoms with van der Waals surface area (Å²) in [5.41, 5.74) is 0.288. The fraction of sp³-hybridized carbons (Fsp3) is 0.500. The molecular weight excluding hydrogens is 176 g/mol. The molecule has 1 fully saturated rings. The number of hydrogen-bond donors (Lipinski definition) is 2. The monoisotopic (exact) mass is 192 g/mol. The lowest BCUT2D eigenvalue weighted by molar-refractivity contribution is 0.0476. The first-order chi connectivity index (χ1) is 6.70. The van der Waals surface area contributed by atoms with Crippen LogP contribution in [0.4, 0.5) is 0 Å². The van der Waals surface area contributed by atoms with Gasteiger partial charge in [0.1, 0.15) is 5.75 Å². The van der Waals surface area contributed by atoms with Gasteiger partial charge < -0.3 is 10.2 Å². The molecule has 0 bridgehead atoms. The van der Waals surface area contributed by atoms with E-state index in [1.807, 2.05) is 12.1 Å². The van der Waals surface area contributed by atoms with Crippen LogP contribution in [0.3, 0.4) is 0 Å². The van der Waals surface area contributed by atoms with E-state index in [0.717, 1.165) is 31.2 Å². The number of aromatic hydroxyl groups is 1. The summed E-state index contributed by atoms with van der Waals surface area (Å²) in [4.78, 5) is 0. The smallest absolute Gasteiger partial charge is 0.118 e. The Bertz CT molecular complexity index is 314. The quantitative estimate of drug-likeness (QED) is 0.754. The average Bonchev–Trinajstić information content (AvgIpc) is 2.57. The number of hydrogen-bond acceptors (Lipinski definition) is 2. The van der Waals surface area contributed by atoms with E-state index in [0.29, 0.717) is 12.2 Å². The molecule has 0 radical (unpaired) electrons. The van der Waals surface area contributed by atoms with Crippen molar-refractivity contribution < 1.29 is 10.2 Å². The van der Waals surface area contributed by atoms with E-state index in [1.165, 1.54) is 0 Å². The highest BCUT2D eigenvalue weighted by Gasteiger charge is 2.31. The average molecular weight is 192 g/mol. The van der Waals surface area contributed by atoms with Gasteiger partial charge in [0.15, 0.2) is 0 Å². The molecule has 76 valence electrons. The van der Waals surface area contributed by atoms with Crippen molar-refractivity contribution in [3.63, 3.8) is 0 Å². The third-order valence-corrected chi connectivity index (χ3v) is 3.05. The Morgan fingerprint density at radius 3 is 2.43 bits per heavy atom. The summed E-state index contributed by atoms with van der Waals surface area (Å²) in [6.07, 6.45) is 4.51. The molecule has 1 aliphatic rings. The minimum absolute atomic E-state index is 0.299. The van der Waals surface area contributed by atoms with Gasteiger partial charge >= 0.3 is 0 Å². The lowest BCUT2D eigenvalue weighted by Gasteiger charge is -2.22. The molecule has 0 spiro atoms. The molecule has 1 aliphatic carbocycles. The first-order valence-electron chi connectivity index (χ1n) is 5.19. The summed E-state index contributed by atoms with van der Waals surface area (Å²) < 4.78 is 0. The van der Waals surface area contributed by atoms with Gasteiger partial charge in [-0.2, -0.15) is 0 Å². The van der Waals surface area contributed by atoms with Crippen molar-refractivity contribution in [3.8, 4) is 5.75 Å². The molecule has 2 N–H and O–H groups in total. The van der Waals surface area contributed by atoms with Gasteiger partial charge in [-0.25, -0.2) is 0 Å². The Kier molecular flexibility index (Phi) is 2.46. The van der Waals surface area contributed by atoms with Crippen LogP contribution in [0.5, 0.6) is 5.75 Å². The first kappa shape index (κ1) is 9.53. The maximum atomic E-state index is 10.2. The second-order valence-electron chi connectivity index (χ2n) is 4.24. The van der Waals surface area contributed by atoms with Crippen LogP contribution in [-0.4, -0.2) is 15.8 Å². The summed E-state index contributed by atoms with van der Waals surface area (Å²) >= 11 is 0. The molecule has 0 aromatic heterocycles. The van der Waals surface area contributed by atoms with Crippen LogP contribution >= 0.6 is 0 Å². The fourth-order valence-electron chi connectivity index (χ4n) is 2.22. The topological polar surface area (TPSA) is 40.5 Å². The minimum Gasteiger partial charge on any atom is -0.508 e. The summed E-state index contributed by atoms with van der Waals surface area (Å²) in [6.45, 7) is 0. The van der Waals surface area contributed by atoms with Crippen LogP contribution in [0.15, 0.2) is 24.3 Å². The highest BCUT2D eigenvalue weighted by atomic mass is 16.3. The molecule has 1 saturated carbocycles. The van der Waals surface area contributed by atoms with Gasteiger partial charge in [0.25, 0.3) is 0 Å². The van der Waals surface area contributed by atoms with Crippen LogP contribution in [0.2, 0.25) is 0 Å². The molecule has 0 atom stereocenters. The zero-order valence-corrected chi connectivity index (χ0v) is 8.24. The van der Waals surface area contributed by atoms with E-state index in [4.69, 9.17) is 0 Å². The van der Waals surface area contributed by atoms with Crippen LogP contribution in [-0.2, 0) is 6.42 Å². The maximum Gasteiger partial charge on any atom is 0.118 e. The van der Waals surface area contributed by atoms with Crippen molar-refractivity contribution in [3.05, 3.63) is 29.8 Å². The Labute approximate surface area is 84.2 Å². The van der Waals surface area contributed by atoms with Gasteiger partial charge in [0.05, 0.1) is 5.60 Å². The van der Waals surface area contributed by atoms with E-state index in [-0.39, 0.29) is 0 Å². The Balaban J connectivity index is 2.14. The van der Waals surface area contributed by atoms with Crippen LogP contribution < -0.4 is 0 Å². The summed E-state index contributed by atoms with van der Waals surface area (Å²) in [5.74, 6) is 0.299. The highest BCUT2D eigenvalue weighted by Crippen LogP contribution is 2.34. The van der Waals surface area contributed by atoms with Crippen molar-refractivity contribution in [2.45, 2.75) is 37.7 Å². The van der Waals surface area contributed by atoms with Gasteiger partial charge in [-0.1, -0.05) is 31.0 Å². The van der Waals surface area contributed by atoms with Gasteiger partial charge in [-0.15, -0.1) is 0 Å². The standard InChI is InChI=1S/C12H16O2/c13-11-6-2-1-5-10(11)9-12(14)7-3-4-8-12/h1-2,5-6,13-14H,3-4,7-9H2. The largest absolute Gasteiger partial charge is 0.508 e. The van der Waals surface area contributed by atoms with Crippen molar-refractivity contribution in [2.24, 2.45) is 0 Å². The van der Waals surface area contributed by atoms with E-state index >= 15 is 0 Å². The molecule has 0 heterocycles. The van der Waals surface area contributed by atoms with Crippen molar-refractivity contribution in [1.82, 2.24) is 0 Å². The fourth-order valence-corrected chi connectivity index (χ4v) is 2.22. The van der Waals surface area contributed by atoms with Crippen molar-refractivity contribution in [1.29, 1.82) is 0 Å². The number of para-hydroxylation sites is 1. The molecule has 2 heteroatoms. The zero-order valence-electron chi connectivity index (χ0n) is 8.24. The molecule has 0 unspecified atom stereocenters. The minimum atomic E-state index is -0.571. The summed E-state index contributed by atoms with van der Waals surface area (Å²) in [5, 5.41) is 19.7. The normalized spacial score (nSPS) is 19.8. The Hall–Kier alpha value is -1.02. The maximum absolute atomic E-state index is 10.2. The van der Waals surface area contributed by atoms with Crippen LogP contribution in [0, 0.1) is 0 Å². The number of phenols is 1. The van der Waals surface area contributed by atoms with E-state index < -0.39 is 5.60 Å². The van der Waals surface area contributed by atoms with Gasteiger partial charge in [0.2, 0.25) is 0 Å². The number of phenolic OH excluding ortho intramolecular Hbond substituents is 1. The van der Waals surface area contributed by atoms with Crippen molar-refractivity contribution in [2.75, 3.05) is 0 Å². The molecule has 0 amide bonds. The second-order valence-corrected chi connectivity index (χ2v) is 4.24. The number of benzene rings is 1. The summed E-state index contributed by atoms with van der Waals surface area (Å²) in [6, 6.07) is 7.25. The van der Waals surface area contributed by atoms with E-state index in [9.17, 15) is 10.2 Å². The lowest BCUT2D eigenvalue weighted by Crippen LogP contribution is -2.26. The molecule has 1 aromatic rings. The van der Waals surface area contributed by atoms with Gasteiger partial charge in [-0.3, -0.25) is 0 Å². The predicted molar refractivity (Wildman–Crippen MR) is 55.2 cm³/mol. The Morgan fingerprint density at radius 1 is 1.14 bits per heavy atom. The molecular formula is C12H16O2. The highest BCUT2D eigenvalue weighted by molar-refractivity contribution is 5.33. The third-order valence-electron chi connectivity index (χ3n) is 3.05. The number of rotatable bonds is 2. The molecule has 2 rings (SSSR count). The molecule has 1 aromatic carbocycles. The lowest BCUT2D eigenvalue weighted by atomic mass is 9.93. The summed E-state index contributed by atoms with van der Waals surface area (Å²) in [7, 11) is 0. The van der Waals surface area contributed by atoms with E-state index in [1.54, 1.807) is 12.1 Å². The van der Waals surface area contributed by atoms with Crippen LogP contribution in [0.1, 0.15) is 31.2 Å². The molecule has 2 nitrogen and oxygen atoms in total. The van der Waals surface area contributed by atoms with Gasteiger partial charge in [-0.05, 0) is 24.5 Å². The second kappa shape index (κ2) is 3.62. The molecule has 0 saturated heterocycles. The molecule has 14 heavy (non-hydrogen) atoms. The van der Waals surface area contributed by atoms with Crippen molar-refractivity contribution >= 4 is 0 Å². The van der Waals surface area contributed by atoms with E-state index in [2.05, 4.69) is 0 Å². The third kappa shape index (κ3) is 1.90. The SMILES string of the molecule is Oc1ccccc1CC1(O)CCCC1. The Morgan fingerprint density at radius 2 is 1.79 bits per heavy atom. The van der Waals surface area contributed by atoms with Gasteiger partial charge in [0, 0.05) is 6.42 Å². The number of aliphatic hydroxyl groups is 1.